The van der Waals surface area contributed by atoms with Crippen molar-refractivity contribution in [3.05, 3.63) is 60.2 Å². The number of anilines is 1. The molecule has 2 unspecified atom stereocenters. The van der Waals surface area contributed by atoms with E-state index in [1.54, 1.807) is 7.11 Å². The number of hydrogen-bond donors (Lipinski definition) is 2. The topological polar surface area (TPSA) is 52.1 Å². The summed E-state index contributed by atoms with van der Waals surface area (Å²) in [5.74, 6) is 1.75. The van der Waals surface area contributed by atoms with Crippen LogP contribution in [0.4, 0.5) is 5.69 Å². The summed E-state index contributed by atoms with van der Waals surface area (Å²) in [6, 6.07) is 19.3. The molecule has 2 aromatic carbocycles. The zero-order chi connectivity index (χ0) is 20.6. The zero-order valence-corrected chi connectivity index (χ0v) is 20.7. The number of guanidine groups is 1. The van der Waals surface area contributed by atoms with Crippen molar-refractivity contribution in [2.75, 3.05) is 52.8 Å². The van der Waals surface area contributed by atoms with Crippen LogP contribution >= 0.6 is 24.0 Å². The number of benzene rings is 2. The molecule has 0 amide bonds. The summed E-state index contributed by atoms with van der Waals surface area (Å²) in [5.41, 5.74) is 2.45. The molecular formula is C23H34IN5O. The molecule has 0 bridgehead atoms. The predicted molar refractivity (Wildman–Crippen MR) is 136 cm³/mol. The third kappa shape index (κ3) is 6.25. The van der Waals surface area contributed by atoms with Gasteiger partial charge in [-0.2, -0.15) is 0 Å². The molecule has 2 aromatic rings. The van der Waals surface area contributed by atoms with Crippen molar-refractivity contribution in [3.63, 3.8) is 0 Å². The van der Waals surface area contributed by atoms with E-state index in [2.05, 4.69) is 82.0 Å². The molecule has 2 atom stereocenters. The molecule has 30 heavy (non-hydrogen) atoms. The zero-order valence-electron chi connectivity index (χ0n) is 18.3. The van der Waals surface area contributed by atoms with E-state index in [0.717, 1.165) is 37.8 Å². The van der Waals surface area contributed by atoms with Crippen molar-refractivity contribution in [2.24, 2.45) is 4.99 Å². The Balaban J connectivity index is 0.00000320. The second kappa shape index (κ2) is 12.0. The third-order valence-electron chi connectivity index (χ3n) is 5.46. The predicted octanol–water partition coefficient (Wildman–Crippen LogP) is 3.36. The minimum Gasteiger partial charge on any atom is -0.496 e. The summed E-state index contributed by atoms with van der Waals surface area (Å²) in [4.78, 5) is 9.06. The fourth-order valence-corrected chi connectivity index (χ4v) is 3.85. The van der Waals surface area contributed by atoms with Crippen LogP contribution in [0.3, 0.4) is 0 Å². The van der Waals surface area contributed by atoms with Crippen LogP contribution in [0.15, 0.2) is 59.6 Å². The Kier molecular flexibility index (Phi) is 9.71. The average Bonchev–Trinajstić information content (AvgIpc) is 3.22. The summed E-state index contributed by atoms with van der Waals surface area (Å²) in [6.45, 7) is 2.77. The summed E-state index contributed by atoms with van der Waals surface area (Å²) in [7, 11) is 7.72. The molecular weight excluding hydrogens is 489 g/mol. The normalized spacial score (nSPS) is 17.4. The summed E-state index contributed by atoms with van der Waals surface area (Å²) < 4.78 is 5.57. The monoisotopic (exact) mass is 523 g/mol. The summed E-state index contributed by atoms with van der Waals surface area (Å²) in [6.07, 6.45) is 1.10. The molecule has 6 nitrogen and oxygen atoms in total. The first kappa shape index (κ1) is 24.3. The van der Waals surface area contributed by atoms with E-state index in [0.29, 0.717) is 6.04 Å². The number of halogens is 1. The van der Waals surface area contributed by atoms with Crippen LogP contribution in [-0.4, -0.2) is 64.8 Å². The van der Waals surface area contributed by atoms with Crippen molar-refractivity contribution < 1.29 is 4.74 Å². The van der Waals surface area contributed by atoms with Gasteiger partial charge in [-0.25, -0.2) is 0 Å². The standard InChI is InChI=1S/C23H33N5O.HI/c1-24-23(26-18-14-15-28(17-18)19-10-6-5-7-11-19)25-16-21(27(2)3)20-12-8-9-13-22(20)29-4;/h5-13,18,21H,14-17H2,1-4H3,(H2,24,25,26);1H. The van der Waals surface area contributed by atoms with E-state index in [-0.39, 0.29) is 30.0 Å². The largest absolute Gasteiger partial charge is 0.496 e. The molecule has 1 saturated heterocycles. The number of ether oxygens (including phenoxy) is 1. The van der Waals surface area contributed by atoms with Gasteiger partial charge in [-0.3, -0.25) is 4.99 Å². The van der Waals surface area contributed by atoms with E-state index < -0.39 is 0 Å². The lowest BCUT2D eigenvalue weighted by atomic mass is 10.0. The molecule has 1 aliphatic heterocycles. The van der Waals surface area contributed by atoms with Gasteiger partial charge in [-0.1, -0.05) is 36.4 Å². The van der Waals surface area contributed by atoms with E-state index in [1.165, 1.54) is 11.3 Å². The second-order valence-corrected chi connectivity index (χ2v) is 7.59. The highest BCUT2D eigenvalue weighted by Gasteiger charge is 2.24. The number of nitrogens with zero attached hydrogens (tertiary/aromatic N) is 3. The van der Waals surface area contributed by atoms with Gasteiger partial charge in [0.15, 0.2) is 5.96 Å². The molecule has 0 saturated carbocycles. The lowest BCUT2D eigenvalue weighted by molar-refractivity contribution is 0.287. The van der Waals surface area contributed by atoms with Gasteiger partial charge in [0, 0.05) is 44.0 Å². The maximum Gasteiger partial charge on any atom is 0.191 e. The summed E-state index contributed by atoms with van der Waals surface area (Å²) >= 11 is 0. The molecule has 2 N–H and O–H groups in total. The molecule has 0 aliphatic carbocycles. The first-order valence-electron chi connectivity index (χ1n) is 10.2. The lowest BCUT2D eigenvalue weighted by Crippen LogP contribution is -2.46. The van der Waals surface area contributed by atoms with Crippen LogP contribution in [0.25, 0.3) is 0 Å². The van der Waals surface area contributed by atoms with E-state index in [9.17, 15) is 0 Å². The van der Waals surface area contributed by atoms with Gasteiger partial charge in [0.05, 0.1) is 13.2 Å². The number of rotatable bonds is 7. The van der Waals surface area contributed by atoms with Crippen LogP contribution in [0.5, 0.6) is 5.75 Å². The van der Waals surface area contributed by atoms with Crippen LogP contribution in [0, 0.1) is 0 Å². The van der Waals surface area contributed by atoms with Crippen LogP contribution in [0.2, 0.25) is 0 Å². The summed E-state index contributed by atoms with van der Waals surface area (Å²) in [5, 5.41) is 7.09. The molecule has 3 rings (SSSR count). The first-order valence-corrected chi connectivity index (χ1v) is 10.2. The molecule has 1 fully saturated rings. The number of hydrogen-bond acceptors (Lipinski definition) is 4. The van der Waals surface area contributed by atoms with Crippen LogP contribution in [0.1, 0.15) is 18.0 Å². The van der Waals surface area contributed by atoms with Crippen molar-refractivity contribution in [2.45, 2.75) is 18.5 Å². The van der Waals surface area contributed by atoms with Gasteiger partial charge in [0.1, 0.15) is 5.75 Å². The Morgan fingerprint density at radius 2 is 1.87 bits per heavy atom. The molecule has 0 spiro atoms. The average molecular weight is 523 g/mol. The number of para-hydroxylation sites is 2. The van der Waals surface area contributed by atoms with Gasteiger partial charge in [-0.15, -0.1) is 24.0 Å². The number of methoxy groups -OCH3 is 1. The van der Waals surface area contributed by atoms with Crippen molar-refractivity contribution in [1.82, 2.24) is 15.5 Å². The SMILES string of the molecule is CN=C(NCC(c1ccccc1OC)N(C)C)NC1CCN(c2ccccc2)C1.I. The van der Waals surface area contributed by atoms with Crippen molar-refractivity contribution in [3.8, 4) is 5.75 Å². The van der Waals surface area contributed by atoms with E-state index in [1.807, 2.05) is 19.2 Å². The maximum atomic E-state index is 5.57. The molecule has 1 aliphatic rings. The van der Waals surface area contributed by atoms with Gasteiger partial charge < -0.3 is 25.2 Å². The molecule has 164 valence electrons. The van der Waals surface area contributed by atoms with Crippen LogP contribution in [-0.2, 0) is 0 Å². The van der Waals surface area contributed by atoms with Gasteiger partial charge in [0.2, 0.25) is 0 Å². The Hall–Kier alpha value is -2.00. The highest BCUT2D eigenvalue weighted by Crippen LogP contribution is 2.27. The van der Waals surface area contributed by atoms with Gasteiger partial charge in [0.25, 0.3) is 0 Å². The highest BCUT2D eigenvalue weighted by molar-refractivity contribution is 14.0. The van der Waals surface area contributed by atoms with E-state index in [4.69, 9.17) is 4.74 Å². The Morgan fingerprint density at radius 3 is 2.53 bits per heavy atom. The van der Waals surface area contributed by atoms with Crippen molar-refractivity contribution >= 4 is 35.6 Å². The number of aliphatic imine (C=N–C) groups is 1. The Bertz CT molecular complexity index is 799. The second-order valence-electron chi connectivity index (χ2n) is 7.59. The van der Waals surface area contributed by atoms with Crippen LogP contribution < -0.4 is 20.3 Å². The van der Waals surface area contributed by atoms with Gasteiger partial charge >= 0.3 is 0 Å². The number of likely N-dealkylation sites (N-methyl/N-ethyl adjacent to an activating group) is 1. The Morgan fingerprint density at radius 1 is 1.17 bits per heavy atom. The molecule has 0 aromatic heterocycles. The quantitative estimate of drug-likeness (QED) is 0.331. The smallest absolute Gasteiger partial charge is 0.191 e. The third-order valence-corrected chi connectivity index (χ3v) is 5.46. The minimum absolute atomic E-state index is 0. The van der Waals surface area contributed by atoms with Crippen molar-refractivity contribution in [1.29, 1.82) is 0 Å². The Labute approximate surface area is 197 Å². The fourth-order valence-electron chi connectivity index (χ4n) is 3.85. The molecule has 0 radical (unpaired) electrons. The maximum absolute atomic E-state index is 5.57. The highest BCUT2D eigenvalue weighted by atomic mass is 127. The lowest BCUT2D eigenvalue weighted by Gasteiger charge is -2.28. The first-order chi connectivity index (χ1) is 14.1. The molecule has 7 heteroatoms. The fraction of sp³-hybridized carbons (Fsp3) is 0.435. The minimum atomic E-state index is 0. The van der Waals surface area contributed by atoms with E-state index >= 15 is 0 Å². The molecule has 1 heterocycles. The number of nitrogens with one attached hydrogen (secondary N) is 2. The van der Waals surface area contributed by atoms with Gasteiger partial charge in [-0.05, 0) is 38.7 Å².